The normalized spacial score (nSPS) is 13.2. The van der Waals surface area contributed by atoms with E-state index < -0.39 is 17.9 Å². The first-order valence-electron chi connectivity index (χ1n) is 10.3. The average Bonchev–Trinajstić information content (AvgIpc) is 3.38. The molecule has 0 radical (unpaired) electrons. The average molecular weight is 512 g/mol. The SMILES string of the molecule is COc1cc(Nc2nc3c(C(C)(C)O)ccc(O[C@@H](C)C(F)(F)F)n3n2)ccc1-n1cnc(Cl)n1. The summed E-state index contributed by atoms with van der Waals surface area (Å²) in [6.45, 7) is 3.95. The molecule has 35 heavy (non-hydrogen) atoms. The second kappa shape index (κ2) is 8.89. The van der Waals surface area contributed by atoms with Crippen LogP contribution in [-0.4, -0.2) is 53.9 Å². The highest BCUT2D eigenvalue weighted by atomic mass is 35.5. The molecule has 10 nitrogen and oxygen atoms in total. The number of rotatable bonds is 7. The minimum absolute atomic E-state index is 0.0600. The van der Waals surface area contributed by atoms with E-state index in [0.29, 0.717) is 22.7 Å². The molecule has 0 saturated heterocycles. The van der Waals surface area contributed by atoms with Crippen molar-refractivity contribution in [3.05, 3.63) is 47.5 Å². The molecule has 0 aliphatic heterocycles. The van der Waals surface area contributed by atoms with Gasteiger partial charge in [-0.15, -0.1) is 10.2 Å². The summed E-state index contributed by atoms with van der Waals surface area (Å²) in [6, 6.07) is 7.80. The third-order valence-corrected chi connectivity index (χ3v) is 5.19. The number of ether oxygens (including phenoxy) is 2. The summed E-state index contributed by atoms with van der Waals surface area (Å²) in [5.41, 5.74) is 0.225. The molecule has 3 aromatic heterocycles. The number of halogens is 4. The van der Waals surface area contributed by atoms with Gasteiger partial charge in [-0.2, -0.15) is 22.7 Å². The van der Waals surface area contributed by atoms with Crippen LogP contribution < -0.4 is 14.8 Å². The van der Waals surface area contributed by atoms with Crippen LogP contribution in [0.2, 0.25) is 5.28 Å². The lowest BCUT2D eigenvalue weighted by Gasteiger charge is -2.21. The fourth-order valence-corrected chi connectivity index (χ4v) is 3.37. The van der Waals surface area contributed by atoms with Crippen molar-refractivity contribution < 1.29 is 27.8 Å². The molecule has 0 amide bonds. The summed E-state index contributed by atoms with van der Waals surface area (Å²) in [4.78, 5) is 8.25. The summed E-state index contributed by atoms with van der Waals surface area (Å²) >= 11 is 5.79. The van der Waals surface area contributed by atoms with Crippen molar-refractivity contribution in [2.45, 2.75) is 38.7 Å². The first-order valence-corrected chi connectivity index (χ1v) is 10.6. The third kappa shape index (κ3) is 5.10. The number of nitrogens with one attached hydrogen (secondary N) is 1. The molecule has 0 saturated carbocycles. The maximum atomic E-state index is 13.1. The second-order valence-electron chi connectivity index (χ2n) is 8.09. The Kier molecular flexibility index (Phi) is 6.23. The van der Waals surface area contributed by atoms with Crippen LogP contribution in [0.15, 0.2) is 36.7 Å². The van der Waals surface area contributed by atoms with Crippen molar-refractivity contribution in [3.63, 3.8) is 0 Å². The Morgan fingerprint density at radius 3 is 2.49 bits per heavy atom. The van der Waals surface area contributed by atoms with Gasteiger partial charge in [-0.3, -0.25) is 0 Å². The molecule has 0 spiro atoms. The zero-order valence-corrected chi connectivity index (χ0v) is 19.8. The molecule has 0 unspecified atom stereocenters. The van der Waals surface area contributed by atoms with E-state index in [1.807, 2.05) is 0 Å². The van der Waals surface area contributed by atoms with Crippen molar-refractivity contribution in [3.8, 4) is 17.3 Å². The Balaban J connectivity index is 1.72. The van der Waals surface area contributed by atoms with Gasteiger partial charge in [0.15, 0.2) is 11.8 Å². The second-order valence-corrected chi connectivity index (χ2v) is 8.42. The highest BCUT2D eigenvalue weighted by Crippen LogP contribution is 2.32. The number of alkyl halides is 3. The maximum Gasteiger partial charge on any atom is 0.425 e. The monoisotopic (exact) mass is 511 g/mol. The lowest BCUT2D eigenvalue weighted by atomic mass is 10.00. The Labute approximate surface area is 202 Å². The van der Waals surface area contributed by atoms with Crippen molar-refractivity contribution in [1.29, 1.82) is 0 Å². The summed E-state index contributed by atoms with van der Waals surface area (Å²) in [6.07, 6.45) is -5.23. The number of hydrogen-bond donors (Lipinski definition) is 2. The van der Waals surface area contributed by atoms with Gasteiger partial charge in [-0.1, -0.05) is 0 Å². The fraction of sp³-hybridized carbons (Fsp3) is 0.333. The quantitative estimate of drug-likeness (QED) is 0.378. The highest BCUT2D eigenvalue weighted by Gasteiger charge is 2.38. The van der Waals surface area contributed by atoms with Crippen LogP contribution in [-0.2, 0) is 5.60 Å². The zero-order chi connectivity index (χ0) is 25.5. The summed E-state index contributed by atoms with van der Waals surface area (Å²) < 4.78 is 52.3. The van der Waals surface area contributed by atoms with Gasteiger partial charge in [0, 0.05) is 23.4 Å². The Bertz CT molecular complexity index is 1360. The molecule has 4 rings (SSSR count). The molecular formula is C21H21ClF3N7O3. The van der Waals surface area contributed by atoms with Crippen molar-refractivity contribution >= 4 is 28.9 Å². The third-order valence-electron chi connectivity index (χ3n) is 5.01. The number of methoxy groups -OCH3 is 1. The molecule has 1 atom stereocenters. The van der Waals surface area contributed by atoms with Crippen molar-refractivity contribution in [2.75, 3.05) is 12.4 Å². The Morgan fingerprint density at radius 1 is 1.14 bits per heavy atom. The first kappa shape index (κ1) is 24.5. The van der Waals surface area contributed by atoms with Gasteiger partial charge in [-0.05, 0) is 50.6 Å². The summed E-state index contributed by atoms with van der Waals surface area (Å²) in [7, 11) is 1.48. The lowest BCUT2D eigenvalue weighted by molar-refractivity contribution is -0.190. The number of aromatic nitrogens is 6. The fourth-order valence-electron chi connectivity index (χ4n) is 3.24. The number of hydrogen-bond acceptors (Lipinski definition) is 8. The van der Waals surface area contributed by atoms with Crippen LogP contribution in [0.3, 0.4) is 0 Å². The van der Waals surface area contributed by atoms with E-state index in [2.05, 4.69) is 25.5 Å². The molecule has 0 aliphatic rings. The van der Waals surface area contributed by atoms with Gasteiger partial charge in [0.1, 0.15) is 17.8 Å². The minimum atomic E-state index is -4.57. The molecule has 14 heteroatoms. The molecule has 0 bridgehead atoms. The van der Waals surface area contributed by atoms with E-state index in [9.17, 15) is 18.3 Å². The smallest absolute Gasteiger partial charge is 0.425 e. The number of nitrogens with zero attached hydrogens (tertiary/aromatic N) is 6. The van der Waals surface area contributed by atoms with Gasteiger partial charge in [-0.25, -0.2) is 9.67 Å². The van der Waals surface area contributed by atoms with Crippen LogP contribution in [0.1, 0.15) is 26.3 Å². The zero-order valence-electron chi connectivity index (χ0n) is 19.0. The molecule has 186 valence electrons. The van der Waals surface area contributed by atoms with Crippen LogP contribution in [0.5, 0.6) is 11.6 Å². The van der Waals surface area contributed by atoms with Gasteiger partial charge in [0.2, 0.25) is 17.1 Å². The van der Waals surface area contributed by atoms with E-state index >= 15 is 0 Å². The highest BCUT2D eigenvalue weighted by molar-refractivity contribution is 6.28. The first-order chi connectivity index (χ1) is 16.4. The van der Waals surface area contributed by atoms with Crippen molar-refractivity contribution in [1.82, 2.24) is 29.4 Å². The molecular weight excluding hydrogens is 491 g/mol. The van der Waals surface area contributed by atoms with E-state index in [4.69, 9.17) is 21.1 Å². The number of aliphatic hydroxyl groups is 1. The molecule has 1 aromatic carbocycles. The Hall–Kier alpha value is -3.58. The summed E-state index contributed by atoms with van der Waals surface area (Å²) in [5.74, 6) is 0.305. The molecule has 4 aromatic rings. The standard InChI is InChI=1S/C21H21ClF3N7O3/c1-11(21(23,24)25)35-16-8-6-13(20(2,3)33)17-28-19(30-32(16)17)27-12-5-7-14(15(9-12)34-4)31-10-26-18(22)29-31/h5-11,33H,1-4H3,(H,27,30)/t11-/m0/s1. The van der Waals surface area contributed by atoms with Crippen LogP contribution in [0, 0.1) is 0 Å². The van der Waals surface area contributed by atoms with E-state index in [-0.39, 0.29) is 22.8 Å². The molecule has 0 aliphatic carbocycles. The Morgan fingerprint density at radius 2 is 1.89 bits per heavy atom. The van der Waals surface area contributed by atoms with E-state index in [1.165, 1.54) is 44.1 Å². The largest absolute Gasteiger partial charge is 0.494 e. The maximum absolute atomic E-state index is 13.1. The van der Waals surface area contributed by atoms with Crippen LogP contribution >= 0.6 is 11.6 Å². The van der Waals surface area contributed by atoms with Gasteiger partial charge < -0.3 is 19.9 Å². The molecule has 3 heterocycles. The van der Waals surface area contributed by atoms with Gasteiger partial charge >= 0.3 is 6.18 Å². The lowest BCUT2D eigenvalue weighted by Crippen LogP contribution is -2.32. The predicted octanol–water partition coefficient (Wildman–Crippen LogP) is 4.27. The topological polar surface area (TPSA) is 112 Å². The van der Waals surface area contributed by atoms with Gasteiger partial charge in [0.05, 0.1) is 12.7 Å². The van der Waals surface area contributed by atoms with Crippen molar-refractivity contribution in [2.24, 2.45) is 0 Å². The van der Waals surface area contributed by atoms with E-state index in [1.54, 1.807) is 18.2 Å². The molecule has 2 N–H and O–H groups in total. The number of anilines is 2. The van der Waals surface area contributed by atoms with Crippen LogP contribution in [0.4, 0.5) is 24.8 Å². The summed E-state index contributed by atoms with van der Waals surface area (Å²) in [5, 5.41) is 21.9. The number of fused-ring (bicyclic) bond motifs is 1. The van der Waals surface area contributed by atoms with E-state index in [0.717, 1.165) is 11.4 Å². The van der Waals surface area contributed by atoms with Gasteiger partial charge in [0.25, 0.3) is 0 Å². The minimum Gasteiger partial charge on any atom is -0.494 e. The van der Waals surface area contributed by atoms with Crippen LogP contribution in [0.25, 0.3) is 11.3 Å². The number of benzene rings is 1. The molecule has 0 fully saturated rings. The predicted molar refractivity (Wildman–Crippen MR) is 121 cm³/mol. The number of pyridine rings is 1.